The first-order chi connectivity index (χ1) is 18.4. The molecule has 0 heterocycles. The van der Waals surface area contributed by atoms with Crippen LogP contribution in [-0.4, -0.2) is 33.7 Å². The maximum absolute atomic E-state index is 13.7. The van der Waals surface area contributed by atoms with Gasteiger partial charge in [-0.05, 0) is 78.1 Å². The van der Waals surface area contributed by atoms with Crippen LogP contribution in [0.1, 0.15) is 23.6 Å². The van der Waals surface area contributed by atoms with Gasteiger partial charge in [0, 0.05) is 10.6 Å². The molecule has 1 aliphatic carbocycles. The van der Waals surface area contributed by atoms with Gasteiger partial charge in [0.15, 0.2) is 0 Å². The van der Waals surface area contributed by atoms with Gasteiger partial charge < -0.3 is 4.74 Å². The zero-order valence-corrected chi connectivity index (χ0v) is 22.3. The van der Waals surface area contributed by atoms with Gasteiger partial charge in [0.25, 0.3) is 15.9 Å². The van der Waals surface area contributed by atoms with E-state index in [1.165, 1.54) is 40.8 Å². The summed E-state index contributed by atoms with van der Waals surface area (Å²) in [6, 6.07) is 22.8. The van der Waals surface area contributed by atoms with Crippen LogP contribution in [0.4, 0.5) is 5.69 Å². The van der Waals surface area contributed by atoms with E-state index >= 15 is 0 Å². The highest BCUT2D eigenvalue weighted by molar-refractivity contribution is 7.92. The van der Waals surface area contributed by atoms with E-state index in [-0.39, 0.29) is 10.6 Å². The van der Waals surface area contributed by atoms with Crippen molar-refractivity contribution >= 4 is 50.2 Å². The smallest absolute Gasteiger partial charge is 0.264 e. The monoisotopic (exact) mass is 547 g/mol. The van der Waals surface area contributed by atoms with Crippen LogP contribution in [0.3, 0.4) is 0 Å². The summed E-state index contributed by atoms with van der Waals surface area (Å²) in [7, 11) is -4.13. The Morgan fingerprint density at radius 1 is 1.00 bits per heavy atom. The maximum Gasteiger partial charge on any atom is 0.264 e. The van der Waals surface area contributed by atoms with Gasteiger partial charge in [-0.1, -0.05) is 54.1 Å². The lowest BCUT2D eigenvalue weighted by Gasteiger charge is -2.25. The number of nitrogens with zero attached hydrogens (tertiary/aromatic N) is 2. The topological polar surface area (TPSA) is 88.1 Å². The Morgan fingerprint density at radius 2 is 1.74 bits per heavy atom. The molecule has 1 aliphatic rings. The van der Waals surface area contributed by atoms with Crippen molar-refractivity contribution in [2.75, 3.05) is 17.5 Å². The highest BCUT2D eigenvalue weighted by Crippen LogP contribution is 2.33. The second kappa shape index (κ2) is 10.8. The van der Waals surface area contributed by atoms with E-state index in [2.05, 4.69) is 22.7 Å². The van der Waals surface area contributed by atoms with Gasteiger partial charge in [0.05, 0.1) is 23.4 Å². The van der Waals surface area contributed by atoms with Crippen molar-refractivity contribution in [1.82, 2.24) is 5.43 Å². The van der Waals surface area contributed by atoms with E-state index in [1.807, 2.05) is 18.2 Å². The Balaban J connectivity index is 1.42. The third kappa shape index (κ3) is 5.10. The van der Waals surface area contributed by atoms with Gasteiger partial charge in [-0.25, -0.2) is 13.8 Å². The number of nitrogens with one attached hydrogen (secondary N) is 1. The maximum atomic E-state index is 13.7. The fourth-order valence-corrected chi connectivity index (χ4v) is 6.25. The standard InChI is InChI=1S/C29H26ClN3O4S/c1-2-37-27-9-4-3-8-26(27)33(38(35,36)24-16-14-23(30)15-17-24)19-28(34)32-31-18-22-13-12-21-11-10-20-6-5-7-25(22)29(20)21/h3-9,12-18H,2,10-11,19H2,1H3,(H,32,34)/b31-18-. The summed E-state index contributed by atoms with van der Waals surface area (Å²) < 4.78 is 34.0. The van der Waals surface area contributed by atoms with Gasteiger partial charge in [-0.2, -0.15) is 5.10 Å². The van der Waals surface area contributed by atoms with Gasteiger partial charge in [0.1, 0.15) is 12.3 Å². The molecule has 0 spiro atoms. The average Bonchev–Trinajstić information content (AvgIpc) is 3.34. The molecule has 0 atom stereocenters. The molecule has 9 heteroatoms. The lowest BCUT2D eigenvalue weighted by molar-refractivity contribution is -0.119. The molecule has 0 aliphatic heterocycles. The number of anilines is 1. The third-order valence-electron chi connectivity index (χ3n) is 6.43. The van der Waals surface area contributed by atoms with Crippen LogP contribution >= 0.6 is 11.6 Å². The quantitative estimate of drug-likeness (QED) is 0.226. The first kappa shape index (κ1) is 25.8. The molecule has 1 amide bonds. The lowest BCUT2D eigenvalue weighted by atomic mass is 10.0. The Hall–Kier alpha value is -3.88. The highest BCUT2D eigenvalue weighted by Gasteiger charge is 2.29. The van der Waals surface area contributed by atoms with Crippen LogP contribution in [0, 0.1) is 0 Å². The van der Waals surface area contributed by atoms with Gasteiger partial charge >= 0.3 is 0 Å². The minimum atomic E-state index is -4.13. The molecule has 1 N–H and O–H groups in total. The molecule has 4 aromatic rings. The zero-order chi connectivity index (χ0) is 26.7. The first-order valence-electron chi connectivity index (χ1n) is 12.2. The number of amides is 1. The van der Waals surface area contributed by atoms with Crippen molar-refractivity contribution in [3.05, 3.63) is 101 Å². The SMILES string of the molecule is CCOc1ccccc1N(CC(=O)N/N=C\c1ccc2c3c(cccc13)CC2)S(=O)(=O)c1ccc(Cl)cc1. The molecule has 0 saturated heterocycles. The van der Waals surface area contributed by atoms with Crippen molar-refractivity contribution in [2.45, 2.75) is 24.7 Å². The molecule has 0 unspecified atom stereocenters. The molecule has 4 aromatic carbocycles. The number of hydrazone groups is 1. The number of halogens is 1. The summed E-state index contributed by atoms with van der Waals surface area (Å²) >= 11 is 5.97. The summed E-state index contributed by atoms with van der Waals surface area (Å²) in [6.45, 7) is 1.63. The number of sulfonamides is 1. The van der Waals surface area contributed by atoms with E-state index in [4.69, 9.17) is 16.3 Å². The van der Waals surface area contributed by atoms with E-state index in [0.29, 0.717) is 17.4 Å². The summed E-state index contributed by atoms with van der Waals surface area (Å²) in [5, 5.41) is 6.87. The lowest BCUT2D eigenvalue weighted by Crippen LogP contribution is -2.39. The first-order valence-corrected chi connectivity index (χ1v) is 14.1. The minimum absolute atomic E-state index is 0.00242. The minimum Gasteiger partial charge on any atom is -0.492 e. The summed E-state index contributed by atoms with van der Waals surface area (Å²) in [5.74, 6) is -0.257. The van der Waals surface area contributed by atoms with Gasteiger partial charge in [-0.3, -0.25) is 9.10 Å². The van der Waals surface area contributed by atoms with E-state index < -0.39 is 22.5 Å². The predicted octanol–water partition coefficient (Wildman–Crippen LogP) is 5.34. The molecule has 0 aromatic heterocycles. The number of ether oxygens (including phenoxy) is 1. The molecule has 0 fully saturated rings. The second-order valence-corrected chi connectivity index (χ2v) is 11.1. The molecule has 7 nitrogen and oxygen atoms in total. The number of aryl methyl sites for hydroxylation is 2. The summed E-state index contributed by atoms with van der Waals surface area (Å²) in [6.07, 6.45) is 3.63. The fraction of sp³-hybridized carbons (Fsp3) is 0.172. The summed E-state index contributed by atoms with van der Waals surface area (Å²) in [4.78, 5) is 13.0. The van der Waals surface area contributed by atoms with Gasteiger partial charge in [-0.15, -0.1) is 0 Å². The van der Waals surface area contributed by atoms with E-state index in [9.17, 15) is 13.2 Å². The number of rotatable bonds is 9. The number of benzene rings is 4. The van der Waals surface area contributed by atoms with Gasteiger partial charge in [0.2, 0.25) is 0 Å². The Kier molecular flexibility index (Phi) is 7.35. The van der Waals surface area contributed by atoms with Crippen LogP contribution < -0.4 is 14.5 Å². The number of para-hydroxylation sites is 2. The Morgan fingerprint density at radius 3 is 2.50 bits per heavy atom. The number of hydrogen-bond donors (Lipinski definition) is 1. The van der Waals surface area contributed by atoms with Crippen molar-refractivity contribution in [3.8, 4) is 5.75 Å². The predicted molar refractivity (Wildman–Crippen MR) is 151 cm³/mol. The fourth-order valence-electron chi connectivity index (χ4n) is 4.70. The molecule has 0 saturated carbocycles. The molecular weight excluding hydrogens is 522 g/mol. The number of carbonyl (C=O) groups excluding carboxylic acids is 1. The van der Waals surface area contributed by atoms with Crippen molar-refractivity contribution in [1.29, 1.82) is 0 Å². The van der Waals surface area contributed by atoms with E-state index in [0.717, 1.165) is 28.1 Å². The van der Waals surface area contributed by atoms with Crippen LogP contribution in [-0.2, 0) is 27.7 Å². The molecule has 0 bridgehead atoms. The van der Waals surface area contributed by atoms with Crippen molar-refractivity contribution in [3.63, 3.8) is 0 Å². The highest BCUT2D eigenvalue weighted by atomic mass is 35.5. The molecule has 38 heavy (non-hydrogen) atoms. The average molecular weight is 548 g/mol. The molecule has 0 radical (unpaired) electrons. The second-order valence-electron chi connectivity index (χ2n) is 8.81. The third-order valence-corrected chi connectivity index (χ3v) is 8.45. The van der Waals surface area contributed by atoms with Crippen molar-refractivity contribution < 1.29 is 17.9 Å². The van der Waals surface area contributed by atoms with Crippen LogP contribution in [0.15, 0.2) is 88.9 Å². The Bertz CT molecular complexity index is 1630. The Labute approximate surface area is 226 Å². The molecule has 194 valence electrons. The van der Waals surface area contributed by atoms with Crippen LogP contribution in [0.5, 0.6) is 5.75 Å². The normalized spacial score (nSPS) is 12.7. The summed E-state index contributed by atoms with van der Waals surface area (Å²) in [5.41, 5.74) is 6.23. The van der Waals surface area contributed by atoms with Crippen LogP contribution in [0.25, 0.3) is 10.8 Å². The largest absolute Gasteiger partial charge is 0.492 e. The number of hydrogen-bond acceptors (Lipinski definition) is 5. The van der Waals surface area contributed by atoms with Crippen molar-refractivity contribution in [2.24, 2.45) is 5.10 Å². The zero-order valence-electron chi connectivity index (χ0n) is 20.7. The number of carbonyl (C=O) groups is 1. The van der Waals surface area contributed by atoms with Crippen LogP contribution in [0.2, 0.25) is 5.02 Å². The van der Waals surface area contributed by atoms with E-state index in [1.54, 1.807) is 37.4 Å². The molecular formula is C29H26ClN3O4S. The molecule has 5 rings (SSSR count).